The van der Waals surface area contributed by atoms with Gasteiger partial charge in [0.1, 0.15) is 23.8 Å². The Morgan fingerprint density at radius 2 is 1.53 bits per heavy atom. The molecule has 1 aliphatic carbocycles. The minimum absolute atomic E-state index is 0.0138. The second kappa shape index (κ2) is 15.3. The summed E-state index contributed by atoms with van der Waals surface area (Å²) in [6.07, 6.45) is 6.73. The minimum atomic E-state index is -1.10. The summed E-state index contributed by atoms with van der Waals surface area (Å²) in [5, 5.41) is 11.1. The maximum absolute atomic E-state index is 14.6. The predicted octanol–water partition coefficient (Wildman–Crippen LogP) is 2.24. The fraction of sp³-hybridized carbons (Fsp3) is 0.556. The van der Waals surface area contributed by atoms with Crippen molar-refractivity contribution in [3.63, 3.8) is 0 Å². The van der Waals surface area contributed by atoms with Gasteiger partial charge in [-0.2, -0.15) is 0 Å². The zero-order valence-electron chi connectivity index (χ0n) is 29.5. The van der Waals surface area contributed by atoms with E-state index < -0.39 is 70.3 Å². The molecule has 5 amide bonds. The zero-order chi connectivity index (χ0) is 36.1. The van der Waals surface area contributed by atoms with Crippen molar-refractivity contribution in [2.45, 2.75) is 117 Å². The first-order chi connectivity index (χ1) is 23.0. The number of rotatable bonds is 12. The average molecular weight is 676 g/mol. The number of hydrogen-bond donors (Lipinski definition) is 4. The molecule has 0 unspecified atom stereocenters. The molecule has 0 spiro atoms. The van der Waals surface area contributed by atoms with Gasteiger partial charge in [0.15, 0.2) is 0 Å². The van der Waals surface area contributed by atoms with Gasteiger partial charge in [0, 0.05) is 31.4 Å². The number of ketones is 1. The number of Topliss-reactive ketones (excluding diaryl/α,β-unsaturated/α-hetero) is 1. The smallest absolute Gasteiger partial charge is 0.289 e. The maximum Gasteiger partial charge on any atom is 0.289 e. The standard InChI is InChI=1S/C36H49N7O6/c1-8-11-24(27(44)32(47)39-23-14-15-23)40-31(46)26-18-21-12-9-10-13-22(21)20-43(26)34(49)29(36(5,6)7)42-33(48)28(35(2,3)4)41-30(45)25-19-37-16-17-38-25/h9-10,12-13,16-17,19,23-24,26,28-29H,8,11,14-15,18,20H2,1-7H3,(H,39,47)(H,40,46)(H,41,45)(H,42,48)/t24-,26-,28-,29-/m0/s1. The Kier molecular flexibility index (Phi) is 11.6. The number of nitrogens with one attached hydrogen (secondary N) is 4. The second-order valence-electron chi connectivity index (χ2n) is 15.1. The topological polar surface area (TPSA) is 180 Å². The summed E-state index contributed by atoms with van der Waals surface area (Å²) >= 11 is 0. The van der Waals surface area contributed by atoms with Crippen LogP contribution in [0.15, 0.2) is 42.9 Å². The van der Waals surface area contributed by atoms with Crippen molar-refractivity contribution < 1.29 is 28.8 Å². The molecule has 264 valence electrons. The van der Waals surface area contributed by atoms with Crippen molar-refractivity contribution in [2.75, 3.05) is 0 Å². The van der Waals surface area contributed by atoms with Gasteiger partial charge in [-0.05, 0) is 41.2 Å². The molecule has 1 aromatic carbocycles. The molecule has 13 heteroatoms. The zero-order valence-corrected chi connectivity index (χ0v) is 29.5. The Labute approximate surface area is 287 Å². The van der Waals surface area contributed by atoms with Gasteiger partial charge in [-0.15, -0.1) is 0 Å². The van der Waals surface area contributed by atoms with E-state index in [0.717, 1.165) is 24.0 Å². The van der Waals surface area contributed by atoms with Crippen LogP contribution < -0.4 is 21.3 Å². The number of fused-ring (bicyclic) bond motifs is 1. The molecule has 0 bridgehead atoms. The number of carbonyl (C=O) groups excluding carboxylic acids is 6. The molecule has 1 aliphatic heterocycles. The van der Waals surface area contributed by atoms with E-state index in [4.69, 9.17) is 0 Å². The molecule has 0 saturated heterocycles. The summed E-state index contributed by atoms with van der Waals surface area (Å²) in [5.74, 6) is -3.66. The van der Waals surface area contributed by atoms with Crippen LogP contribution in [0.2, 0.25) is 0 Å². The molecule has 4 atom stereocenters. The van der Waals surface area contributed by atoms with Gasteiger partial charge in [0.2, 0.25) is 23.5 Å². The van der Waals surface area contributed by atoms with E-state index >= 15 is 0 Å². The molecule has 0 radical (unpaired) electrons. The SMILES string of the molecule is CCC[C@H](NC(=O)[C@@H]1Cc2ccccc2CN1C(=O)[C@H](NC(=O)[C@H](NC(=O)c1cnccn1)C(C)(C)C)C(C)(C)C)C(=O)C(=O)NC1CC1. The molecule has 2 aliphatic rings. The van der Waals surface area contributed by atoms with Crippen LogP contribution in [0.3, 0.4) is 0 Å². The highest BCUT2D eigenvalue weighted by atomic mass is 16.2. The van der Waals surface area contributed by atoms with E-state index in [1.54, 1.807) is 20.8 Å². The number of aromatic nitrogens is 2. The van der Waals surface area contributed by atoms with Crippen LogP contribution in [0.5, 0.6) is 0 Å². The van der Waals surface area contributed by atoms with Crippen LogP contribution in [0.25, 0.3) is 0 Å². The Hall–Kier alpha value is -4.68. The molecule has 1 aromatic heterocycles. The summed E-state index contributed by atoms with van der Waals surface area (Å²) in [7, 11) is 0. The molecule has 2 heterocycles. The highest BCUT2D eigenvalue weighted by Crippen LogP contribution is 2.29. The molecule has 1 saturated carbocycles. The van der Waals surface area contributed by atoms with Crippen LogP contribution in [0.4, 0.5) is 0 Å². The lowest BCUT2D eigenvalue weighted by Gasteiger charge is -2.42. The van der Waals surface area contributed by atoms with Crippen molar-refractivity contribution >= 4 is 35.3 Å². The summed E-state index contributed by atoms with van der Waals surface area (Å²) in [4.78, 5) is 90.7. The number of amides is 5. The van der Waals surface area contributed by atoms with Gasteiger partial charge >= 0.3 is 0 Å². The largest absolute Gasteiger partial charge is 0.347 e. The van der Waals surface area contributed by atoms with Crippen LogP contribution in [-0.2, 0) is 36.9 Å². The average Bonchev–Trinajstić information content (AvgIpc) is 3.87. The normalized spacial score (nSPS) is 17.9. The molecule has 13 nitrogen and oxygen atoms in total. The summed E-state index contributed by atoms with van der Waals surface area (Å²) < 4.78 is 0. The van der Waals surface area contributed by atoms with E-state index in [0.29, 0.717) is 6.42 Å². The van der Waals surface area contributed by atoms with Gasteiger partial charge in [-0.25, -0.2) is 4.98 Å². The Morgan fingerprint density at radius 1 is 0.878 bits per heavy atom. The fourth-order valence-electron chi connectivity index (χ4n) is 5.79. The second-order valence-corrected chi connectivity index (χ2v) is 15.1. The monoisotopic (exact) mass is 675 g/mol. The first-order valence-corrected chi connectivity index (χ1v) is 16.9. The lowest BCUT2D eigenvalue weighted by Crippen LogP contribution is -2.64. The van der Waals surface area contributed by atoms with E-state index in [2.05, 4.69) is 31.2 Å². The van der Waals surface area contributed by atoms with E-state index in [-0.39, 0.29) is 31.1 Å². The highest BCUT2D eigenvalue weighted by Gasteiger charge is 2.44. The number of carbonyl (C=O) groups is 6. The summed E-state index contributed by atoms with van der Waals surface area (Å²) in [6.45, 7) is 12.8. The Bertz CT molecular complexity index is 1560. The van der Waals surface area contributed by atoms with Crippen molar-refractivity contribution in [3.8, 4) is 0 Å². The van der Waals surface area contributed by atoms with Gasteiger partial charge in [-0.3, -0.25) is 33.8 Å². The third-order valence-corrected chi connectivity index (χ3v) is 8.78. The van der Waals surface area contributed by atoms with E-state index in [9.17, 15) is 28.8 Å². The van der Waals surface area contributed by atoms with E-state index in [1.807, 2.05) is 52.0 Å². The number of benzene rings is 1. The van der Waals surface area contributed by atoms with Crippen LogP contribution in [0, 0.1) is 10.8 Å². The molecule has 1 fully saturated rings. The molecular weight excluding hydrogens is 626 g/mol. The third-order valence-electron chi connectivity index (χ3n) is 8.78. The van der Waals surface area contributed by atoms with Crippen molar-refractivity contribution in [2.24, 2.45) is 10.8 Å². The maximum atomic E-state index is 14.6. The van der Waals surface area contributed by atoms with Crippen molar-refractivity contribution in [1.82, 2.24) is 36.1 Å². The molecule has 2 aromatic rings. The first-order valence-electron chi connectivity index (χ1n) is 16.9. The molecular formula is C36H49N7O6. The van der Waals surface area contributed by atoms with Crippen LogP contribution in [0.1, 0.15) is 95.8 Å². The fourth-order valence-corrected chi connectivity index (χ4v) is 5.79. The van der Waals surface area contributed by atoms with Crippen LogP contribution in [-0.4, -0.2) is 80.4 Å². The van der Waals surface area contributed by atoms with Gasteiger partial charge in [-0.1, -0.05) is 79.2 Å². The first kappa shape index (κ1) is 37.1. The minimum Gasteiger partial charge on any atom is -0.347 e. The van der Waals surface area contributed by atoms with Crippen molar-refractivity contribution in [1.29, 1.82) is 0 Å². The van der Waals surface area contributed by atoms with Gasteiger partial charge < -0.3 is 26.2 Å². The highest BCUT2D eigenvalue weighted by molar-refractivity contribution is 6.38. The third kappa shape index (κ3) is 9.48. The van der Waals surface area contributed by atoms with Gasteiger partial charge in [0.25, 0.3) is 11.8 Å². The molecule has 49 heavy (non-hydrogen) atoms. The quantitative estimate of drug-likeness (QED) is 0.247. The number of hydrogen-bond acceptors (Lipinski definition) is 8. The molecule has 4 rings (SSSR count). The van der Waals surface area contributed by atoms with Crippen molar-refractivity contribution in [3.05, 3.63) is 59.7 Å². The predicted molar refractivity (Wildman–Crippen MR) is 182 cm³/mol. The lowest BCUT2D eigenvalue weighted by molar-refractivity contribution is -0.148. The van der Waals surface area contributed by atoms with Gasteiger partial charge in [0.05, 0.1) is 12.2 Å². The number of nitrogens with zero attached hydrogens (tertiary/aromatic N) is 3. The van der Waals surface area contributed by atoms with E-state index in [1.165, 1.54) is 23.5 Å². The molecule has 4 N–H and O–H groups in total. The lowest BCUT2D eigenvalue weighted by atomic mass is 9.82. The Balaban J connectivity index is 1.61. The summed E-state index contributed by atoms with van der Waals surface area (Å²) in [6, 6.07) is 3.26. The summed E-state index contributed by atoms with van der Waals surface area (Å²) in [5.41, 5.74) is 0.203. The Morgan fingerprint density at radius 3 is 2.10 bits per heavy atom. The van der Waals surface area contributed by atoms with Crippen LogP contribution >= 0.6 is 0 Å².